The molecule has 1 saturated heterocycles. The number of hydrogen-bond acceptors (Lipinski definition) is 4. The average molecular weight is 281 g/mol. The van der Waals surface area contributed by atoms with Crippen molar-refractivity contribution >= 4 is 5.91 Å². The third-order valence-electron chi connectivity index (χ3n) is 3.81. The number of rotatable bonds is 2. The Kier molecular flexibility index (Phi) is 3.65. The molecule has 0 unspecified atom stereocenters. The molecular weight excluding hydrogens is 266 g/mol. The number of likely N-dealkylation sites (tertiary alicyclic amines) is 1. The minimum atomic E-state index is -0.0233. The summed E-state index contributed by atoms with van der Waals surface area (Å²) < 4.78 is 0. The Balaban J connectivity index is 1.63. The molecule has 0 atom stereocenters. The number of pyridine rings is 1. The van der Waals surface area contributed by atoms with Crippen LogP contribution in [0.5, 0.6) is 0 Å². The van der Waals surface area contributed by atoms with Crippen molar-refractivity contribution in [2.75, 3.05) is 13.1 Å². The Morgan fingerprint density at radius 2 is 2.14 bits per heavy atom. The monoisotopic (exact) mass is 281 g/mol. The summed E-state index contributed by atoms with van der Waals surface area (Å²) in [6.45, 7) is 1.43. The lowest BCUT2D eigenvalue weighted by Gasteiger charge is -2.31. The van der Waals surface area contributed by atoms with Crippen LogP contribution in [0.15, 0.2) is 30.7 Å². The van der Waals surface area contributed by atoms with Gasteiger partial charge in [0.15, 0.2) is 0 Å². The van der Waals surface area contributed by atoms with Gasteiger partial charge in [-0.2, -0.15) is 5.26 Å². The second-order valence-corrected chi connectivity index (χ2v) is 5.08. The summed E-state index contributed by atoms with van der Waals surface area (Å²) in [5.74, 6) is 1.37. The summed E-state index contributed by atoms with van der Waals surface area (Å²) in [6, 6.07) is 5.18. The zero-order valence-corrected chi connectivity index (χ0v) is 11.5. The van der Waals surface area contributed by atoms with Crippen LogP contribution in [0.3, 0.4) is 0 Å². The van der Waals surface area contributed by atoms with E-state index >= 15 is 0 Å². The van der Waals surface area contributed by atoms with Gasteiger partial charge in [-0.1, -0.05) is 0 Å². The number of imidazole rings is 1. The Labute approximate surface area is 122 Å². The van der Waals surface area contributed by atoms with E-state index in [9.17, 15) is 4.79 Å². The molecule has 1 N–H and O–H groups in total. The molecule has 3 heterocycles. The van der Waals surface area contributed by atoms with Crippen LogP contribution in [-0.4, -0.2) is 38.8 Å². The maximum absolute atomic E-state index is 12.4. The van der Waals surface area contributed by atoms with E-state index in [1.807, 2.05) is 17.2 Å². The molecular formula is C15H15N5O. The molecule has 0 aliphatic carbocycles. The smallest absolute Gasteiger partial charge is 0.255 e. The largest absolute Gasteiger partial charge is 0.348 e. The zero-order chi connectivity index (χ0) is 14.7. The summed E-state index contributed by atoms with van der Waals surface area (Å²) >= 11 is 0. The average Bonchev–Trinajstić information content (AvgIpc) is 3.09. The molecule has 0 spiro atoms. The lowest BCUT2D eigenvalue weighted by Crippen LogP contribution is -2.38. The van der Waals surface area contributed by atoms with Crippen LogP contribution in [0.1, 0.15) is 40.6 Å². The first-order valence-corrected chi connectivity index (χ1v) is 6.92. The van der Waals surface area contributed by atoms with Gasteiger partial charge < -0.3 is 9.88 Å². The Hall–Kier alpha value is -2.68. The van der Waals surface area contributed by atoms with Gasteiger partial charge in [-0.05, 0) is 25.0 Å². The zero-order valence-electron chi connectivity index (χ0n) is 11.5. The van der Waals surface area contributed by atoms with Gasteiger partial charge in [0.2, 0.25) is 0 Å². The molecule has 0 radical (unpaired) electrons. The number of nitriles is 1. The van der Waals surface area contributed by atoms with E-state index < -0.39 is 0 Å². The number of nitrogens with one attached hydrogen (secondary N) is 1. The third kappa shape index (κ3) is 2.77. The van der Waals surface area contributed by atoms with E-state index in [-0.39, 0.29) is 5.91 Å². The van der Waals surface area contributed by atoms with Crippen LogP contribution in [0.25, 0.3) is 0 Å². The number of aromatic nitrogens is 3. The van der Waals surface area contributed by atoms with Crippen LogP contribution in [0, 0.1) is 11.3 Å². The molecule has 3 rings (SSSR count). The van der Waals surface area contributed by atoms with Crippen LogP contribution in [0.4, 0.5) is 0 Å². The number of nitrogens with zero attached hydrogens (tertiary/aromatic N) is 4. The van der Waals surface area contributed by atoms with Crippen molar-refractivity contribution in [1.82, 2.24) is 19.9 Å². The Bertz CT molecular complexity index is 648. The van der Waals surface area contributed by atoms with E-state index in [0.717, 1.165) is 18.7 Å². The predicted molar refractivity (Wildman–Crippen MR) is 75.4 cm³/mol. The lowest BCUT2D eigenvalue weighted by atomic mass is 9.96. The molecule has 1 fully saturated rings. The highest BCUT2D eigenvalue weighted by Gasteiger charge is 2.25. The van der Waals surface area contributed by atoms with Crippen LogP contribution in [-0.2, 0) is 0 Å². The second kappa shape index (κ2) is 5.75. The molecule has 0 saturated carbocycles. The van der Waals surface area contributed by atoms with Crippen molar-refractivity contribution in [3.63, 3.8) is 0 Å². The number of piperidine rings is 1. The molecule has 2 aromatic rings. The topological polar surface area (TPSA) is 85.7 Å². The second-order valence-electron chi connectivity index (χ2n) is 5.08. The molecule has 1 aliphatic rings. The molecule has 1 amide bonds. The van der Waals surface area contributed by atoms with Gasteiger partial charge in [0, 0.05) is 37.6 Å². The number of aromatic amines is 1. The number of H-pyrrole nitrogens is 1. The summed E-state index contributed by atoms with van der Waals surface area (Å²) in [7, 11) is 0. The minimum Gasteiger partial charge on any atom is -0.348 e. The van der Waals surface area contributed by atoms with Crippen molar-refractivity contribution in [1.29, 1.82) is 5.26 Å². The van der Waals surface area contributed by atoms with E-state index in [4.69, 9.17) is 5.26 Å². The summed E-state index contributed by atoms with van der Waals surface area (Å²) in [4.78, 5) is 25.6. The molecule has 2 aromatic heterocycles. The standard InChI is InChI=1S/C15H15N5O/c16-9-13-2-1-12(10-19-13)15(21)20-7-3-11(4-8-20)14-17-5-6-18-14/h1-2,5-6,10-11H,3-4,7-8H2,(H,17,18). The fourth-order valence-corrected chi connectivity index (χ4v) is 2.63. The Morgan fingerprint density at radius 1 is 1.33 bits per heavy atom. The lowest BCUT2D eigenvalue weighted by molar-refractivity contribution is 0.0711. The highest BCUT2D eigenvalue weighted by Crippen LogP contribution is 2.26. The molecule has 0 bridgehead atoms. The summed E-state index contributed by atoms with van der Waals surface area (Å²) in [6.07, 6.45) is 6.87. The quantitative estimate of drug-likeness (QED) is 0.907. The SMILES string of the molecule is N#Cc1ccc(C(=O)N2CCC(c3ncc[nH]3)CC2)cn1. The van der Waals surface area contributed by atoms with Crippen molar-refractivity contribution in [3.05, 3.63) is 47.8 Å². The molecule has 6 heteroatoms. The van der Waals surface area contributed by atoms with Gasteiger partial charge in [0.25, 0.3) is 5.91 Å². The van der Waals surface area contributed by atoms with E-state index in [2.05, 4.69) is 15.0 Å². The summed E-state index contributed by atoms with van der Waals surface area (Å²) in [5, 5.41) is 8.72. The highest BCUT2D eigenvalue weighted by atomic mass is 16.2. The first-order chi connectivity index (χ1) is 10.3. The van der Waals surface area contributed by atoms with Crippen LogP contribution < -0.4 is 0 Å². The van der Waals surface area contributed by atoms with Crippen molar-refractivity contribution < 1.29 is 4.79 Å². The number of amides is 1. The Morgan fingerprint density at radius 3 is 2.71 bits per heavy atom. The summed E-state index contributed by atoms with van der Waals surface area (Å²) in [5.41, 5.74) is 0.855. The first kappa shape index (κ1) is 13.3. The predicted octanol–water partition coefficient (Wildman–Crippen LogP) is 1.70. The van der Waals surface area contributed by atoms with Crippen LogP contribution >= 0.6 is 0 Å². The fourth-order valence-electron chi connectivity index (χ4n) is 2.63. The molecule has 1 aliphatic heterocycles. The number of carbonyl (C=O) groups excluding carboxylic acids is 1. The number of carbonyl (C=O) groups is 1. The van der Waals surface area contributed by atoms with Gasteiger partial charge in [0.05, 0.1) is 5.56 Å². The third-order valence-corrected chi connectivity index (χ3v) is 3.81. The van der Waals surface area contributed by atoms with E-state index in [0.29, 0.717) is 30.3 Å². The van der Waals surface area contributed by atoms with Gasteiger partial charge in [0.1, 0.15) is 17.6 Å². The molecule has 21 heavy (non-hydrogen) atoms. The van der Waals surface area contributed by atoms with Crippen molar-refractivity contribution in [2.24, 2.45) is 0 Å². The van der Waals surface area contributed by atoms with Crippen molar-refractivity contribution in [2.45, 2.75) is 18.8 Å². The van der Waals surface area contributed by atoms with Gasteiger partial charge in [-0.3, -0.25) is 4.79 Å². The molecule has 6 nitrogen and oxygen atoms in total. The van der Waals surface area contributed by atoms with Gasteiger partial charge in [-0.25, -0.2) is 9.97 Å². The van der Waals surface area contributed by atoms with Crippen LogP contribution in [0.2, 0.25) is 0 Å². The maximum atomic E-state index is 12.4. The first-order valence-electron chi connectivity index (χ1n) is 6.92. The number of hydrogen-bond donors (Lipinski definition) is 1. The van der Waals surface area contributed by atoms with E-state index in [1.165, 1.54) is 6.20 Å². The van der Waals surface area contributed by atoms with Gasteiger partial charge >= 0.3 is 0 Å². The van der Waals surface area contributed by atoms with Gasteiger partial charge in [-0.15, -0.1) is 0 Å². The highest BCUT2D eigenvalue weighted by molar-refractivity contribution is 5.94. The van der Waals surface area contributed by atoms with E-state index in [1.54, 1.807) is 18.3 Å². The fraction of sp³-hybridized carbons (Fsp3) is 0.333. The molecule has 106 valence electrons. The van der Waals surface area contributed by atoms with Crippen molar-refractivity contribution in [3.8, 4) is 6.07 Å². The normalized spacial score (nSPS) is 15.7. The maximum Gasteiger partial charge on any atom is 0.255 e. The minimum absolute atomic E-state index is 0.0233. The molecule has 0 aromatic carbocycles.